The van der Waals surface area contributed by atoms with Crippen LogP contribution in [0.3, 0.4) is 0 Å². The number of hydrogen-bond donors (Lipinski definition) is 2. The summed E-state index contributed by atoms with van der Waals surface area (Å²) in [6.07, 6.45) is 7.42. The van der Waals surface area contributed by atoms with Crippen molar-refractivity contribution in [1.82, 2.24) is 20.2 Å². The topological polar surface area (TPSA) is 131 Å². The first-order valence-corrected chi connectivity index (χ1v) is 17.5. The molecule has 2 aliphatic carbocycles. The molecule has 1 unspecified atom stereocenters. The van der Waals surface area contributed by atoms with E-state index < -0.39 is 21.7 Å². The molecule has 2 aromatic heterocycles. The van der Waals surface area contributed by atoms with Crippen LogP contribution in [-0.4, -0.2) is 61.0 Å². The van der Waals surface area contributed by atoms with Crippen LogP contribution in [0.25, 0.3) is 21.0 Å². The number of rotatable bonds is 7. The molecule has 1 aliphatic heterocycles. The van der Waals surface area contributed by atoms with E-state index in [-0.39, 0.29) is 29.7 Å². The number of hydrogen-bond acceptors (Lipinski definition) is 8. The molecular weight excluding hydrogens is 645 g/mol. The number of fused-ring (bicyclic) bond motifs is 2. The van der Waals surface area contributed by atoms with Gasteiger partial charge >= 0.3 is 21.7 Å². The number of ether oxygens (including phenoxy) is 1. The highest BCUT2D eigenvalue weighted by Crippen LogP contribution is 2.56. The number of nitrogens with zero attached hydrogens (tertiary/aromatic N) is 2. The van der Waals surface area contributed by atoms with Crippen LogP contribution in [0.5, 0.6) is 5.75 Å². The van der Waals surface area contributed by atoms with Crippen LogP contribution in [0.4, 0.5) is 18.0 Å². The molecule has 46 heavy (non-hydrogen) atoms. The summed E-state index contributed by atoms with van der Waals surface area (Å²) in [7, 11) is -4.58. The predicted octanol–water partition coefficient (Wildman–Crippen LogP) is 6.45. The number of carbonyl (C=O) groups is 2. The zero-order chi connectivity index (χ0) is 32.9. The van der Waals surface area contributed by atoms with Gasteiger partial charge in [0.25, 0.3) is 0 Å². The van der Waals surface area contributed by atoms with Crippen molar-refractivity contribution >= 4 is 33.5 Å². The summed E-state index contributed by atoms with van der Waals surface area (Å²) in [4.78, 5) is 35.6. The molecule has 2 fully saturated rings. The molecule has 1 aromatic carbocycles. The van der Waals surface area contributed by atoms with Crippen LogP contribution in [-0.2, 0) is 31.5 Å². The highest BCUT2D eigenvalue weighted by atomic mass is 32.2. The van der Waals surface area contributed by atoms with E-state index in [1.165, 1.54) is 24.5 Å². The minimum Gasteiger partial charge on any atom is -0.453 e. The van der Waals surface area contributed by atoms with Crippen LogP contribution < -0.4 is 9.50 Å². The Morgan fingerprint density at radius 3 is 2.59 bits per heavy atom. The quantitative estimate of drug-likeness (QED) is 0.217. The first kappa shape index (κ1) is 32.4. The summed E-state index contributed by atoms with van der Waals surface area (Å²) in [5.74, 6) is 0.692. The number of alkyl halides is 3. The number of nitrogens with one attached hydrogen (secondary N) is 2. The van der Waals surface area contributed by atoms with Gasteiger partial charge in [0.1, 0.15) is 18.1 Å². The van der Waals surface area contributed by atoms with Gasteiger partial charge in [0.05, 0.1) is 29.9 Å². The van der Waals surface area contributed by atoms with E-state index in [2.05, 4.69) is 26.9 Å². The zero-order valence-corrected chi connectivity index (χ0v) is 27.0. The number of imidazole rings is 1. The number of H-pyrrole nitrogens is 1. The number of carbonyl (C=O) groups excluding carboxylic acids is 2. The van der Waals surface area contributed by atoms with E-state index in [9.17, 15) is 31.2 Å². The SMILES string of the molecule is COC(=O)NCC(=O)N1CCCC1c1ncc(-c2ccc(-c3ccc(OS(=O)(=O)C(F)(F)F)c4c3C3(CC4)CCC(C)CC3)s2)[nH]1. The third-order valence-corrected chi connectivity index (χ3v) is 11.7. The molecule has 1 saturated carbocycles. The van der Waals surface area contributed by atoms with Gasteiger partial charge in [0, 0.05) is 17.0 Å². The summed E-state index contributed by atoms with van der Waals surface area (Å²) < 4.78 is 73.0. The number of benzene rings is 1. The second kappa shape index (κ2) is 12.2. The van der Waals surface area contributed by atoms with Crippen molar-refractivity contribution < 1.29 is 40.1 Å². The Balaban J connectivity index is 1.30. The lowest BCUT2D eigenvalue weighted by Gasteiger charge is -2.38. The van der Waals surface area contributed by atoms with Crippen molar-refractivity contribution in [2.24, 2.45) is 5.92 Å². The van der Waals surface area contributed by atoms with E-state index in [0.717, 1.165) is 71.5 Å². The summed E-state index contributed by atoms with van der Waals surface area (Å²) in [5.41, 5.74) is -2.72. The lowest BCUT2D eigenvalue weighted by Crippen LogP contribution is -2.40. The molecule has 3 heterocycles. The minimum atomic E-state index is -5.81. The molecule has 3 aromatic rings. The Bertz CT molecular complexity index is 1740. The molecular formula is C31H35F3N4O6S2. The van der Waals surface area contributed by atoms with Gasteiger partial charge in [0.15, 0.2) is 0 Å². The van der Waals surface area contributed by atoms with Gasteiger partial charge in [-0.25, -0.2) is 9.78 Å². The maximum absolute atomic E-state index is 13.3. The number of likely N-dealkylation sites (tertiary alicyclic amines) is 1. The highest BCUT2D eigenvalue weighted by Gasteiger charge is 2.50. The molecule has 2 amide bonds. The van der Waals surface area contributed by atoms with Crippen LogP contribution in [0.1, 0.15) is 74.9 Å². The smallest absolute Gasteiger partial charge is 0.453 e. The second-order valence-corrected chi connectivity index (χ2v) is 15.0. The number of aromatic amines is 1. The maximum Gasteiger partial charge on any atom is 0.534 e. The van der Waals surface area contributed by atoms with Crippen LogP contribution in [0, 0.1) is 5.92 Å². The van der Waals surface area contributed by atoms with E-state index in [0.29, 0.717) is 30.3 Å². The van der Waals surface area contributed by atoms with Gasteiger partial charge in [0.2, 0.25) is 5.91 Å². The lowest BCUT2D eigenvalue weighted by molar-refractivity contribution is -0.131. The van der Waals surface area contributed by atoms with Crippen molar-refractivity contribution in [2.75, 3.05) is 20.2 Å². The molecule has 0 bridgehead atoms. The number of alkyl carbamates (subject to hydrolysis) is 1. The summed E-state index contributed by atoms with van der Waals surface area (Å²) in [6, 6.07) is 6.67. The summed E-state index contributed by atoms with van der Waals surface area (Å²) in [5, 5.41) is 2.42. The molecule has 1 atom stereocenters. The van der Waals surface area contributed by atoms with Gasteiger partial charge in [-0.2, -0.15) is 21.6 Å². The number of methoxy groups -OCH3 is 1. The Morgan fingerprint density at radius 1 is 1.13 bits per heavy atom. The molecule has 248 valence electrons. The number of amides is 2. The second-order valence-electron chi connectivity index (χ2n) is 12.3. The van der Waals surface area contributed by atoms with Crippen LogP contribution >= 0.6 is 11.3 Å². The fraction of sp³-hybridized carbons (Fsp3) is 0.516. The highest BCUT2D eigenvalue weighted by molar-refractivity contribution is 7.88. The summed E-state index contributed by atoms with van der Waals surface area (Å²) >= 11 is 1.50. The lowest BCUT2D eigenvalue weighted by atomic mass is 9.66. The van der Waals surface area contributed by atoms with Gasteiger partial charge in [-0.3, -0.25) is 4.79 Å². The first-order valence-electron chi connectivity index (χ1n) is 15.3. The normalized spacial score (nSPS) is 23.0. The Kier molecular flexibility index (Phi) is 8.59. The van der Waals surface area contributed by atoms with Crippen molar-refractivity contribution in [3.63, 3.8) is 0 Å². The van der Waals surface area contributed by atoms with Crippen molar-refractivity contribution in [3.05, 3.63) is 47.4 Å². The van der Waals surface area contributed by atoms with Crippen molar-refractivity contribution in [1.29, 1.82) is 0 Å². The molecule has 0 radical (unpaired) electrons. The average Bonchev–Trinajstić information content (AvgIpc) is 3.83. The van der Waals surface area contributed by atoms with E-state index >= 15 is 0 Å². The number of thiophene rings is 1. The molecule has 6 rings (SSSR count). The maximum atomic E-state index is 13.3. The monoisotopic (exact) mass is 680 g/mol. The van der Waals surface area contributed by atoms with Gasteiger partial charge in [-0.05, 0) is 98.1 Å². The number of aromatic nitrogens is 2. The van der Waals surface area contributed by atoms with Crippen molar-refractivity contribution in [2.45, 2.75) is 75.3 Å². The van der Waals surface area contributed by atoms with E-state index in [4.69, 9.17) is 4.18 Å². The third-order valence-electron chi connectivity index (χ3n) is 9.56. The largest absolute Gasteiger partial charge is 0.534 e. The molecule has 1 saturated heterocycles. The minimum absolute atomic E-state index is 0.179. The Labute approximate surface area is 268 Å². The van der Waals surface area contributed by atoms with Crippen molar-refractivity contribution in [3.8, 4) is 26.8 Å². The van der Waals surface area contributed by atoms with Crippen LogP contribution in [0.15, 0.2) is 30.5 Å². The first-order chi connectivity index (χ1) is 21.8. The van der Waals surface area contributed by atoms with Gasteiger partial charge in [-0.15, -0.1) is 11.3 Å². The summed E-state index contributed by atoms with van der Waals surface area (Å²) in [6.45, 7) is 2.56. The zero-order valence-electron chi connectivity index (χ0n) is 25.4. The Hall–Kier alpha value is -3.59. The number of halogens is 3. The fourth-order valence-corrected chi connectivity index (χ4v) is 8.65. The molecule has 2 N–H and O–H groups in total. The van der Waals surface area contributed by atoms with Gasteiger partial charge in [-0.1, -0.05) is 6.92 Å². The molecule has 1 spiro atoms. The Morgan fingerprint density at radius 2 is 1.87 bits per heavy atom. The fourth-order valence-electron chi connectivity index (χ4n) is 7.17. The molecule has 10 nitrogen and oxygen atoms in total. The standard InChI is InChI=1S/C31H35F3N4O6S2/c1-18-9-12-30(13-10-18)14-11-19-23(44-46(41,42)31(32,33)34)6-5-20(27(19)30)24-7-8-25(45-24)21-16-35-28(37-21)22-4-3-15-38(22)26(39)17-36-29(40)43-2/h5-8,16,18,22H,3-4,9-15,17H2,1-2H3,(H,35,37)(H,36,40). The van der Waals surface area contributed by atoms with E-state index in [1.54, 1.807) is 17.2 Å². The van der Waals surface area contributed by atoms with Gasteiger partial charge < -0.3 is 24.1 Å². The predicted molar refractivity (Wildman–Crippen MR) is 165 cm³/mol. The third kappa shape index (κ3) is 5.98. The average molecular weight is 681 g/mol. The van der Waals surface area contributed by atoms with E-state index in [1.807, 2.05) is 12.1 Å². The van der Waals surface area contributed by atoms with Crippen LogP contribution in [0.2, 0.25) is 0 Å². The molecule has 3 aliphatic rings. The molecule has 15 heteroatoms.